The van der Waals surface area contributed by atoms with Crippen LogP contribution in [0.15, 0.2) is 61.3 Å². The molecule has 0 radical (unpaired) electrons. The number of amides is 2. The maximum atomic E-state index is 13.3. The summed E-state index contributed by atoms with van der Waals surface area (Å²) in [5.41, 5.74) is 3.82. The van der Waals surface area contributed by atoms with Gasteiger partial charge < -0.3 is 15.1 Å². The van der Waals surface area contributed by atoms with Crippen molar-refractivity contribution in [3.8, 4) is 11.3 Å². The number of nitrogens with one attached hydrogen (secondary N) is 1. The number of rotatable bonds is 5. The summed E-state index contributed by atoms with van der Waals surface area (Å²) in [6.07, 6.45) is 8.80. The van der Waals surface area contributed by atoms with Gasteiger partial charge in [0.05, 0.1) is 5.69 Å². The van der Waals surface area contributed by atoms with Crippen LogP contribution in [-0.2, 0) is 4.79 Å². The standard InChI is InChI=1S/C26H29N7O2/c1-31-11-12-33(26(35)19-7-8-29-23(13-19)20-15-27-18-28-16-20)17-24(31)25(34)30-21-5-4-6-22(14-21)32-9-2-3-10-32/h4-8,13-16,18,24H,2-3,9-12,17H2,1H3,(H,30,34)/t24-/m0/s1. The van der Waals surface area contributed by atoms with Crippen molar-refractivity contribution in [3.05, 3.63) is 66.9 Å². The van der Waals surface area contributed by atoms with E-state index in [9.17, 15) is 9.59 Å². The second-order valence-corrected chi connectivity index (χ2v) is 9.04. The summed E-state index contributed by atoms with van der Waals surface area (Å²) in [5.74, 6) is -0.229. The Morgan fingerprint density at radius 3 is 2.60 bits per heavy atom. The number of hydrogen-bond acceptors (Lipinski definition) is 7. The highest BCUT2D eigenvalue weighted by atomic mass is 16.2. The van der Waals surface area contributed by atoms with Crippen LogP contribution in [0.3, 0.4) is 0 Å². The Kier molecular flexibility index (Phi) is 6.67. The van der Waals surface area contributed by atoms with Gasteiger partial charge in [-0.05, 0) is 50.2 Å². The van der Waals surface area contributed by atoms with Gasteiger partial charge >= 0.3 is 0 Å². The summed E-state index contributed by atoms with van der Waals surface area (Å²) in [6, 6.07) is 11.0. The fourth-order valence-corrected chi connectivity index (χ4v) is 4.66. The molecule has 1 aromatic carbocycles. The van der Waals surface area contributed by atoms with E-state index in [1.165, 1.54) is 19.2 Å². The molecule has 3 aromatic rings. The number of aromatic nitrogens is 3. The number of nitrogens with zero attached hydrogens (tertiary/aromatic N) is 6. The molecule has 9 nitrogen and oxygen atoms in total. The average molecular weight is 472 g/mol. The smallest absolute Gasteiger partial charge is 0.254 e. The lowest BCUT2D eigenvalue weighted by atomic mass is 10.1. The van der Waals surface area contributed by atoms with Crippen molar-refractivity contribution in [3.63, 3.8) is 0 Å². The maximum absolute atomic E-state index is 13.3. The third kappa shape index (κ3) is 5.14. The molecule has 2 aliphatic rings. The van der Waals surface area contributed by atoms with E-state index in [1.54, 1.807) is 35.6 Å². The second-order valence-electron chi connectivity index (χ2n) is 9.04. The largest absolute Gasteiger partial charge is 0.371 e. The first kappa shape index (κ1) is 22.9. The zero-order valence-corrected chi connectivity index (χ0v) is 19.8. The van der Waals surface area contributed by atoms with Gasteiger partial charge in [0.1, 0.15) is 12.4 Å². The fraction of sp³-hybridized carbons (Fsp3) is 0.346. The molecule has 2 amide bonds. The zero-order valence-electron chi connectivity index (χ0n) is 19.8. The molecule has 4 heterocycles. The van der Waals surface area contributed by atoms with Crippen LogP contribution < -0.4 is 10.2 Å². The zero-order chi connectivity index (χ0) is 24.2. The lowest BCUT2D eigenvalue weighted by Crippen LogP contribution is -2.57. The number of piperazine rings is 1. The molecule has 35 heavy (non-hydrogen) atoms. The van der Waals surface area contributed by atoms with Crippen molar-refractivity contribution < 1.29 is 9.59 Å². The highest BCUT2D eigenvalue weighted by Gasteiger charge is 2.33. The summed E-state index contributed by atoms with van der Waals surface area (Å²) < 4.78 is 0. The van der Waals surface area contributed by atoms with Gasteiger partial charge in [0.25, 0.3) is 5.91 Å². The molecule has 5 rings (SSSR count). The van der Waals surface area contributed by atoms with Gasteiger partial charge in [-0.1, -0.05) is 6.07 Å². The minimum atomic E-state index is -0.438. The van der Waals surface area contributed by atoms with Gasteiger partial charge in [-0.3, -0.25) is 19.5 Å². The molecular weight excluding hydrogens is 442 g/mol. The van der Waals surface area contributed by atoms with E-state index in [-0.39, 0.29) is 11.8 Å². The Bertz CT molecular complexity index is 1200. The normalized spacial score (nSPS) is 18.5. The molecule has 1 N–H and O–H groups in total. The van der Waals surface area contributed by atoms with Crippen LogP contribution in [0.25, 0.3) is 11.3 Å². The van der Waals surface area contributed by atoms with Crippen LogP contribution >= 0.6 is 0 Å². The molecule has 9 heteroatoms. The molecule has 1 atom stereocenters. The van der Waals surface area contributed by atoms with Crippen LogP contribution in [0.5, 0.6) is 0 Å². The van der Waals surface area contributed by atoms with E-state index in [1.807, 2.05) is 30.1 Å². The average Bonchev–Trinajstić information content (AvgIpc) is 3.45. The van der Waals surface area contributed by atoms with Crippen molar-refractivity contribution >= 4 is 23.2 Å². The summed E-state index contributed by atoms with van der Waals surface area (Å²) in [6.45, 7) is 3.58. The molecule has 0 bridgehead atoms. The molecule has 180 valence electrons. The lowest BCUT2D eigenvalue weighted by molar-refractivity contribution is -0.122. The SMILES string of the molecule is CN1CCN(C(=O)c2ccnc(-c3cncnc3)c2)C[C@H]1C(=O)Nc1cccc(N2CCCC2)c1. The van der Waals surface area contributed by atoms with Crippen molar-refractivity contribution in [1.82, 2.24) is 24.8 Å². The minimum Gasteiger partial charge on any atom is -0.371 e. The van der Waals surface area contributed by atoms with E-state index < -0.39 is 6.04 Å². The first-order valence-electron chi connectivity index (χ1n) is 12.0. The van der Waals surface area contributed by atoms with Crippen molar-refractivity contribution in [2.24, 2.45) is 0 Å². The monoisotopic (exact) mass is 471 g/mol. The predicted octanol–water partition coefficient (Wildman–Crippen LogP) is 2.53. The van der Waals surface area contributed by atoms with Gasteiger partial charge in [0, 0.05) is 73.8 Å². The van der Waals surface area contributed by atoms with Crippen LogP contribution in [0.1, 0.15) is 23.2 Å². The molecule has 2 aliphatic heterocycles. The number of anilines is 2. The first-order valence-corrected chi connectivity index (χ1v) is 12.0. The van der Waals surface area contributed by atoms with Gasteiger partial charge in [0.2, 0.25) is 5.91 Å². The van der Waals surface area contributed by atoms with Crippen molar-refractivity contribution in [2.75, 3.05) is 50.0 Å². The number of pyridine rings is 1. The quantitative estimate of drug-likeness (QED) is 0.611. The van der Waals surface area contributed by atoms with Gasteiger partial charge in [-0.15, -0.1) is 0 Å². The van der Waals surface area contributed by atoms with Crippen LogP contribution in [0.4, 0.5) is 11.4 Å². The van der Waals surface area contributed by atoms with E-state index in [0.717, 1.165) is 30.0 Å². The molecule has 0 spiro atoms. The summed E-state index contributed by atoms with van der Waals surface area (Å²) >= 11 is 0. The molecule has 0 saturated carbocycles. The Hall–Kier alpha value is -3.85. The topological polar surface area (TPSA) is 94.6 Å². The Morgan fingerprint density at radius 1 is 1.00 bits per heavy atom. The van der Waals surface area contributed by atoms with E-state index >= 15 is 0 Å². The highest BCUT2D eigenvalue weighted by Crippen LogP contribution is 2.24. The van der Waals surface area contributed by atoms with Crippen LogP contribution in [-0.4, -0.2) is 82.4 Å². The predicted molar refractivity (Wildman–Crippen MR) is 134 cm³/mol. The van der Waals surface area contributed by atoms with Crippen LogP contribution in [0.2, 0.25) is 0 Å². The number of hydrogen-bond donors (Lipinski definition) is 1. The van der Waals surface area contributed by atoms with Crippen LogP contribution in [0, 0.1) is 0 Å². The highest BCUT2D eigenvalue weighted by molar-refractivity contribution is 5.98. The maximum Gasteiger partial charge on any atom is 0.254 e. The number of carbonyl (C=O) groups excluding carboxylic acids is 2. The number of likely N-dealkylation sites (N-methyl/N-ethyl adjacent to an activating group) is 1. The van der Waals surface area contributed by atoms with E-state index in [2.05, 4.69) is 31.2 Å². The van der Waals surface area contributed by atoms with E-state index in [4.69, 9.17) is 0 Å². The third-order valence-electron chi connectivity index (χ3n) is 6.69. The molecule has 2 saturated heterocycles. The molecule has 0 aliphatic carbocycles. The first-order chi connectivity index (χ1) is 17.1. The minimum absolute atomic E-state index is 0.111. The fourth-order valence-electron chi connectivity index (χ4n) is 4.66. The number of carbonyl (C=O) groups is 2. The van der Waals surface area contributed by atoms with Gasteiger partial charge in [-0.2, -0.15) is 0 Å². The lowest BCUT2D eigenvalue weighted by Gasteiger charge is -2.38. The van der Waals surface area contributed by atoms with E-state index in [0.29, 0.717) is 30.9 Å². The summed E-state index contributed by atoms with van der Waals surface area (Å²) in [7, 11) is 1.92. The molecular formula is C26H29N7O2. The van der Waals surface area contributed by atoms with Crippen molar-refractivity contribution in [1.29, 1.82) is 0 Å². The molecule has 2 aromatic heterocycles. The van der Waals surface area contributed by atoms with Crippen molar-refractivity contribution in [2.45, 2.75) is 18.9 Å². The Balaban J connectivity index is 1.28. The summed E-state index contributed by atoms with van der Waals surface area (Å²) in [5, 5.41) is 3.07. The summed E-state index contributed by atoms with van der Waals surface area (Å²) in [4.78, 5) is 45.0. The van der Waals surface area contributed by atoms with Gasteiger partial charge in [-0.25, -0.2) is 9.97 Å². The Morgan fingerprint density at radius 2 is 1.80 bits per heavy atom. The Labute approximate surface area is 204 Å². The molecule has 0 unspecified atom stereocenters. The third-order valence-corrected chi connectivity index (χ3v) is 6.69. The van der Waals surface area contributed by atoms with Gasteiger partial charge in [0.15, 0.2) is 0 Å². The number of benzene rings is 1. The molecule has 2 fully saturated rings. The second kappa shape index (κ2) is 10.2.